The minimum absolute atomic E-state index is 0.634. The molecule has 2 aliphatic heterocycles. The summed E-state index contributed by atoms with van der Waals surface area (Å²) in [4.78, 5) is 3.39. The molecule has 6 heteroatoms. The van der Waals surface area contributed by atoms with E-state index in [0.29, 0.717) is 11.4 Å². The Bertz CT molecular complexity index is 872. The van der Waals surface area contributed by atoms with Crippen LogP contribution in [0.15, 0.2) is 56.7 Å². The monoisotopic (exact) mass is 281 g/mol. The Labute approximate surface area is 119 Å². The molecule has 0 unspecified atom stereocenters. The van der Waals surface area contributed by atoms with Gasteiger partial charge in [-0.25, -0.2) is 0 Å². The summed E-state index contributed by atoms with van der Waals surface area (Å²) in [5.74, 6) is 0. The topological polar surface area (TPSA) is 66.3 Å². The average molecular weight is 281 g/mol. The van der Waals surface area contributed by atoms with Crippen molar-refractivity contribution in [3.63, 3.8) is 0 Å². The quantitative estimate of drug-likeness (QED) is 0.753. The number of hydrogen-bond donors (Lipinski definition) is 1. The number of anilines is 2. The highest BCUT2D eigenvalue weighted by atomic mass is 32.2. The van der Waals surface area contributed by atoms with Crippen LogP contribution < -0.4 is 21.2 Å². The molecule has 0 aliphatic carbocycles. The highest BCUT2D eigenvalue weighted by molar-refractivity contribution is 8.08. The lowest BCUT2D eigenvalue weighted by Crippen LogP contribution is -2.22. The van der Waals surface area contributed by atoms with Gasteiger partial charge in [0.25, 0.3) is 0 Å². The highest BCUT2D eigenvalue weighted by Gasteiger charge is 2.23. The lowest BCUT2D eigenvalue weighted by molar-refractivity contribution is 1.08. The summed E-state index contributed by atoms with van der Waals surface area (Å²) in [7, 11) is 2.05. The molecule has 0 amide bonds. The van der Waals surface area contributed by atoms with Gasteiger partial charge in [-0.2, -0.15) is 0 Å². The third kappa shape index (κ3) is 1.48. The minimum Gasteiger partial charge on any atom is -0.396 e. The molecule has 5 nitrogen and oxygen atoms in total. The number of rotatable bonds is 0. The average Bonchev–Trinajstić information content (AvgIpc) is 3.06. The zero-order valence-corrected chi connectivity index (χ0v) is 11.6. The fourth-order valence-corrected chi connectivity index (χ4v) is 3.61. The first-order valence-electron chi connectivity index (χ1n) is 6.18. The van der Waals surface area contributed by atoms with Crippen molar-refractivity contribution < 1.29 is 0 Å². The molecule has 0 saturated carbocycles. The van der Waals surface area contributed by atoms with Gasteiger partial charge in [0.15, 0.2) is 0 Å². The molecule has 2 aliphatic rings. The van der Waals surface area contributed by atoms with Crippen molar-refractivity contribution in [3.8, 4) is 0 Å². The number of thioether (sulfide) groups is 1. The van der Waals surface area contributed by atoms with Crippen LogP contribution in [0.4, 0.5) is 17.1 Å². The Balaban J connectivity index is 1.99. The molecule has 98 valence electrons. The maximum absolute atomic E-state index is 6.24. The first-order chi connectivity index (χ1) is 9.75. The number of para-hydroxylation sites is 1. The van der Waals surface area contributed by atoms with Crippen molar-refractivity contribution in [2.45, 2.75) is 4.90 Å². The molecule has 2 heterocycles. The second-order valence-corrected chi connectivity index (χ2v) is 5.65. The van der Waals surface area contributed by atoms with Gasteiger partial charge < -0.3 is 10.6 Å². The van der Waals surface area contributed by atoms with E-state index in [1.807, 2.05) is 31.3 Å². The van der Waals surface area contributed by atoms with Crippen LogP contribution in [-0.2, 0) is 0 Å². The standard InChI is InChI=1S/C14H11N5S/c1-19-10-4-2-3-5-11(10)20-14(19)8-6-7-9-13(12(8)15)17-18-16-9/h2-7H,15H2,1H3. The predicted octanol–water partition coefficient (Wildman–Crippen LogP) is 2.21. The van der Waals surface area contributed by atoms with Gasteiger partial charge in [0.05, 0.1) is 16.4 Å². The number of nitrogen functional groups attached to an aromatic ring is 1. The molecule has 20 heavy (non-hydrogen) atoms. The Morgan fingerprint density at radius 3 is 2.85 bits per heavy atom. The van der Waals surface area contributed by atoms with Crippen molar-refractivity contribution >= 4 is 33.9 Å². The SMILES string of the molecule is CN1C(=c2ccc3c(c2N)N=NN=3)Sc2ccccc21. The highest BCUT2D eigenvalue weighted by Crippen LogP contribution is 2.45. The molecule has 0 bridgehead atoms. The van der Waals surface area contributed by atoms with Gasteiger partial charge in [-0.3, -0.25) is 0 Å². The van der Waals surface area contributed by atoms with Crippen LogP contribution >= 0.6 is 11.8 Å². The zero-order chi connectivity index (χ0) is 13.7. The van der Waals surface area contributed by atoms with E-state index in [2.05, 4.69) is 32.5 Å². The Hall–Kier alpha value is -2.34. The van der Waals surface area contributed by atoms with Crippen LogP contribution in [-0.4, -0.2) is 7.05 Å². The summed E-state index contributed by atoms with van der Waals surface area (Å²) in [5, 5.41) is 14.4. The molecule has 4 rings (SSSR count). The van der Waals surface area contributed by atoms with Crippen molar-refractivity contribution in [2.24, 2.45) is 15.4 Å². The third-order valence-corrected chi connectivity index (χ3v) is 4.71. The number of nitrogens with two attached hydrogens (primary N) is 1. The van der Waals surface area contributed by atoms with Crippen LogP contribution in [0, 0.1) is 0 Å². The largest absolute Gasteiger partial charge is 0.396 e. The first kappa shape index (κ1) is 11.5. The van der Waals surface area contributed by atoms with Gasteiger partial charge >= 0.3 is 0 Å². The van der Waals surface area contributed by atoms with E-state index in [9.17, 15) is 0 Å². The summed E-state index contributed by atoms with van der Waals surface area (Å²) >= 11 is 1.72. The predicted molar refractivity (Wildman–Crippen MR) is 80.3 cm³/mol. The van der Waals surface area contributed by atoms with Crippen molar-refractivity contribution in [2.75, 3.05) is 17.7 Å². The maximum atomic E-state index is 6.24. The second-order valence-electron chi connectivity index (χ2n) is 4.62. The van der Waals surface area contributed by atoms with Crippen LogP contribution in [0.25, 0.3) is 5.03 Å². The molecule has 0 aromatic heterocycles. The van der Waals surface area contributed by atoms with Crippen molar-refractivity contribution in [3.05, 3.63) is 47.0 Å². The molecule has 0 fully saturated rings. The van der Waals surface area contributed by atoms with Crippen molar-refractivity contribution in [1.82, 2.24) is 0 Å². The van der Waals surface area contributed by atoms with Gasteiger partial charge in [0.2, 0.25) is 0 Å². The van der Waals surface area contributed by atoms with Gasteiger partial charge in [0.1, 0.15) is 11.0 Å². The van der Waals surface area contributed by atoms with E-state index in [1.54, 1.807) is 11.8 Å². The van der Waals surface area contributed by atoms with Gasteiger partial charge in [-0.05, 0) is 29.5 Å². The minimum atomic E-state index is 0.634. The van der Waals surface area contributed by atoms with Crippen molar-refractivity contribution in [1.29, 1.82) is 0 Å². The van der Waals surface area contributed by atoms with E-state index in [-0.39, 0.29) is 0 Å². The van der Waals surface area contributed by atoms with E-state index < -0.39 is 0 Å². The number of benzene rings is 2. The smallest absolute Gasteiger partial charge is 0.139 e. The van der Waals surface area contributed by atoms with Gasteiger partial charge in [0, 0.05) is 17.2 Å². The lowest BCUT2D eigenvalue weighted by atomic mass is 10.2. The number of fused-ring (bicyclic) bond motifs is 2. The van der Waals surface area contributed by atoms with Gasteiger partial charge in [-0.15, -0.1) is 10.2 Å². The molecule has 0 saturated heterocycles. The molecule has 2 aromatic rings. The normalized spacial score (nSPS) is 17.9. The lowest BCUT2D eigenvalue weighted by Gasteiger charge is -2.14. The maximum Gasteiger partial charge on any atom is 0.139 e. The van der Waals surface area contributed by atoms with E-state index >= 15 is 0 Å². The molecule has 0 radical (unpaired) electrons. The third-order valence-electron chi connectivity index (χ3n) is 3.46. The Morgan fingerprint density at radius 2 is 2.00 bits per heavy atom. The van der Waals surface area contributed by atoms with Crippen LogP contribution in [0.1, 0.15) is 0 Å². The van der Waals surface area contributed by atoms with Crippen LogP contribution in [0.2, 0.25) is 0 Å². The molecule has 0 spiro atoms. The molecule has 2 N–H and O–H groups in total. The summed E-state index contributed by atoms with van der Waals surface area (Å²) in [6.45, 7) is 0. The summed E-state index contributed by atoms with van der Waals surface area (Å²) in [6.07, 6.45) is 0. The Morgan fingerprint density at radius 1 is 1.15 bits per heavy atom. The fourth-order valence-electron chi connectivity index (χ4n) is 2.42. The summed E-state index contributed by atoms with van der Waals surface area (Å²) in [6, 6.07) is 12.2. The van der Waals surface area contributed by atoms with Gasteiger partial charge in [-0.1, -0.05) is 23.9 Å². The molecule has 0 atom stereocenters. The first-order valence-corrected chi connectivity index (χ1v) is 6.99. The second kappa shape index (κ2) is 4.08. The van der Waals surface area contributed by atoms with E-state index in [0.717, 1.165) is 15.6 Å². The number of nitrogens with zero attached hydrogens (tertiary/aromatic N) is 4. The summed E-state index contributed by atoms with van der Waals surface area (Å²) < 4.78 is 0. The molecular weight excluding hydrogens is 270 g/mol. The summed E-state index contributed by atoms with van der Waals surface area (Å²) in [5.41, 5.74) is 8.73. The van der Waals surface area contributed by atoms with E-state index in [4.69, 9.17) is 5.73 Å². The molecule has 2 aromatic carbocycles. The number of hydrogen-bond acceptors (Lipinski definition) is 6. The van der Waals surface area contributed by atoms with Crippen LogP contribution in [0.3, 0.4) is 0 Å². The fraction of sp³-hybridized carbons (Fsp3) is 0.0714. The zero-order valence-electron chi connectivity index (χ0n) is 10.7. The van der Waals surface area contributed by atoms with E-state index in [1.165, 1.54) is 10.6 Å². The molecular formula is C14H11N5S. The van der Waals surface area contributed by atoms with Crippen LogP contribution in [0.5, 0.6) is 0 Å². The Kier molecular flexibility index (Phi) is 2.34.